The molecule has 2 heterocycles. The second-order valence-corrected chi connectivity index (χ2v) is 7.68. The van der Waals surface area contributed by atoms with Crippen LogP contribution in [0.25, 0.3) is 16.6 Å². The van der Waals surface area contributed by atoms with Crippen molar-refractivity contribution in [3.8, 4) is 5.69 Å². The van der Waals surface area contributed by atoms with Crippen molar-refractivity contribution >= 4 is 22.5 Å². The molecule has 3 aromatic rings. The Bertz CT molecular complexity index is 1230. The summed E-state index contributed by atoms with van der Waals surface area (Å²) in [6.07, 6.45) is 10.6. The Labute approximate surface area is 181 Å². The number of ketones is 1. The summed E-state index contributed by atoms with van der Waals surface area (Å²) in [5.74, 6) is 0.649. The summed E-state index contributed by atoms with van der Waals surface area (Å²) in [5.41, 5.74) is 2.45. The Hall–Kier alpha value is -3.73. The molecular weight excluding hydrogens is 386 g/mol. The van der Waals surface area contributed by atoms with E-state index in [-0.39, 0.29) is 17.1 Å². The van der Waals surface area contributed by atoms with Crippen LogP contribution in [0.5, 0.6) is 0 Å². The highest BCUT2D eigenvalue weighted by Crippen LogP contribution is 2.29. The third-order valence-corrected chi connectivity index (χ3v) is 5.68. The first kappa shape index (κ1) is 20.5. The number of Topliss-reactive ketones (excluding diaryl/α,β-unsaturated/α-hetero) is 1. The smallest absolute Gasteiger partial charge is 0.193 e. The summed E-state index contributed by atoms with van der Waals surface area (Å²) in [7, 11) is 0. The van der Waals surface area contributed by atoms with E-state index in [9.17, 15) is 9.59 Å². The average molecular weight is 412 g/mol. The van der Waals surface area contributed by atoms with E-state index < -0.39 is 0 Å². The van der Waals surface area contributed by atoms with Crippen molar-refractivity contribution in [2.24, 2.45) is 5.92 Å². The Morgan fingerprint density at radius 3 is 2.55 bits per heavy atom. The summed E-state index contributed by atoms with van der Waals surface area (Å²) in [6.45, 7) is 7.55. The first-order valence-electron chi connectivity index (χ1n) is 10.5. The van der Waals surface area contributed by atoms with Crippen LogP contribution in [0.1, 0.15) is 36.2 Å². The van der Waals surface area contributed by atoms with Crippen LogP contribution in [-0.2, 0) is 0 Å². The number of nitrogens with one attached hydrogen (secondary N) is 1. The highest BCUT2D eigenvalue weighted by Gasteiger charge is 2.25. The number of para-hydroxylation sites is 1. The maximum atomic E-state index is 13.0. The first-order chi connectivity index (χ1) is 15.1. The molecule has 1 aliphatic carbocycles. The van der Waals surface area contributed by atoms with E-state index in [0.29, 0.717) is 28.1 Å². The number of hydrogen-bond acceptors (Lipinski definition) is 4. The van der Waals surface area contributed by atoms with Crippen molar-refractivity contribution in [2.75, 3.05) is 5.32 Å². The summed E-state index contributed by atoms with van der Waals surface area (Å²) in [5, 5.41) is 3.73. The van der Waals surface area contributed by atoms with Crippen LogP contribution in [0.2, 0.25) is 0 Å². The molecule has 0 radical (unpaired) electrons. The van der Waals surface area contributed by atoms with Gasteiger partial charge in [0.1, 0.15) is 11.5 Å². The third-order valence-electron chi connectivity index (χ3n) is 5.68. The fourth-order valence-electron chi connectivity index (χ4n) is 4.13. The van der Waals surface area contributed by atoms with Crippen molar-refractivity contribution in [3.63, 3.8) is 0 Å². The number of fused-ring (bicyclic) bond motifs is 1. The zero-order valence-electron chi connectivity index (χ0n) is 17.4. The quantitative estimate of drug-likeness (QED) is 0.416. The zero-order valence-corrected chi connectivity index (χ0v) is 17.4. The van der Waals surface area contributed by atoms with E-state index in [1.165, 1.54) is 12.3 Å². The van der Waals surface area contributed by atoms with Gasteiger partial charge in [-0.2, -0.15) is 0 Å². The van der Waals surface area contributed by atoms with Crippen LogP contribution in [0.3, 0.4) is 0 Å². The molecule has 156 valence electrons. The van der Waals surface area contributed by atoms with Gasteiger partial charge in [0, 0.05) is 29.6 Å². The minimum absolute atomic E-state index is 0.0195. The topological polar surface area (TPSA) is 64.0 Å². The molecule has 1 fully saturated rings. The molecule has 0 saturated heterocycles. The van der Waals surface area contributed by atoms with Crippen LogP contribution in [-0.4, -0.2) is 15.3 Å². The van der Waals surface area contributed by atoms with Crippen LogP contribution in [0.15, 0.2) is 90.5 Å². The van der Waals surface area contributed by atoms with E-state index in [1.54, 1.807) is 24.3 Å². The van der Waals surface area contributed by atoms with Gasteiger partial charge < -0.3 is 5.32 Å². The lowest BCUT2D eigenvalue weighted by atomic mass is 9.99. The lowest BCUT2D eigenvalue weighted by molar-refractivity contribution is 0.0918. The molecule has 0 bridgehead atoms. The standard InChI is InChI=1S/C26H25N3O2/c1-3-10-19(4-2)28-25-16-24(30)21-17-27-22(26(31)18-11-8-9-12-18)15-23(21)29(25)20-13-6-5-7-14-20/h3-7,10,13-18,28H,1-2,8-9,11-12H2/b19-10+. The molecule has 1 aromatic carbocycles. The lowest BCUT2D eigenvalue weighted by Gasteiger charge is -2.19. The molecule has 5 heteroatoms. The summed E-state index contributed by atoms with van der Waals surface area (Å²) in [4.78, 5) is 30.3. The highest BCUT2D eigenvalue weighted by molar-refractivity contribution is 5.99. The van der Waals surface area contributed by atoms with E-state index in [2.05, 4.69) is 23.5 Å². The van der Waals surface area contributed by atoms with E-state index in [0.717, 1.165) is 31.4 Å². The van der Waals surface area contributed by atoms with Crippen molar-refractivity contribution in [2.45, 2.75) is 25.7 Å². The van der Waals surface area contributed by atoms with Gasteiger partial charge in [0.15, 0.2) is 11.2 Å². The number of aromatic nitrogens is 2. The van der Waals surface area contributed by atoms with E-state index in [4.69, 9.17) is 0 Å². The van der Waals surface area contributed by atoms with Gasteiger partial charge >= 0.3 is 0 Å². The molecule has 0 spiro atoms. The molecular formula is C26H25N3O2. The van der Waals surface area contributed by atoms with Gasteiger partial charge in [-0.1, -0.05) is 50.3 Å². The second kappa shape index (κ2) is 8.96. The molecule has 31 heavy (non-hydrogen) atoms. The molecule has 0 amide bonds. The highest BCUT2D eigenvalue weighted by atomic mass is 16.1. The molecule has 4 rings (SSSR count). The van der Waals surface area contributed by atoms with Crippen LogP contribution < -0.4 is 10.7 Å². The van der Waals surface area contributed by atoms with E-state index >= 15 is 0 Å². The fourth-order valence-corrected chi connectivity index (χ4v) is 4.13. The number of allylic oxidation sites excluding steroid dienone is 3. The largest absolute Gasteiger partial charge is 0.341 e. The fraction of sp³-hybridized carbons (Fsp3) is 0.192. The molecule has 1 aliphatic rings. The van der Waals surface area contributed by atoms with Crippen molar-refractivity contribution < 1.29 is 4.79 Å². The summed E-state index contributed by atoms with van der Waals surface area (Å²) in [6, 6.07) is 13.0. The minimum atomic E-state index is -0.168. The SMILES string of the molecule is C=C/C=C(\C=C)Nc1cc(=O)c2cnc(C(=O)C3CCCC3)cc2n1-c1ccccc1. The zero-order chi connectivity index (χ0) is 21.8. The number of hydrogen-bond donors (Lipinski definition) is 1. The Morgan fingerprint density at radius 2 is 1.87 bits per heavy atom. The summed E-state index contributed by atoms with van der Waals surface area (Å²) < 4.78 is 1.93. The minimum Gasteiger partial charge on any atom is -0.341 e. The van der Waals surface area contributed by atoms with Crippen molar-refractivity contribution in [1.29, 1.82) is 0 Å². The summed E-state index contributed by atoms with van der Waals surface area (Å²) >= 11 is 0. The molecule has 2 aromatic heterocycles. The molecule has 1 N–H and O–H groups in total. The van der Waals surface area contributed by atoms with Crippen LogP contribution in [0, 0.1) is 5.92 Å². The first-order valence-corrected chi connectivity index (χ1v) is 10.5. The molecule has 0 unspecified atom stereocenters. The molecule has 5 nitrogen and oxygen atoms in total. The normalized spacial score (nSPS) is 14.5. The van der Waals surface area contributed by atoms with Crippen molar-refractivity contribution in [1.82, 2.24) is 9.55 Å². The number of pyridine rings is 2. The van der Waals surface area contributed by atoms with Gasteiger partial charge in [0.25, 0.3) is 0 Å². The monoisotopic (exact) mass is 411 g/mol. The number of rotatable bonds is 7. The van der Waals surface area contributed by atoms with Gasteiger partial charge in [-0.15, -0.1) is 0 Å². The van der Waals surface area contributed by atoms with Gasteiger partial charge in [0.2, 0.25) is 0 Å². The third kappa shape index (κ3) is 4.12. The number of carbonyl (C=O) groups is 1. The molecule has 0 aliphatic heterocycles. The van der Waals surface area contributed by atoms with Crippen LogP contribution in [0.4, 0.5) is 5.82 Å². The van der Waals surface area contributed by atoms with Crippen LogP contribution >= 0.6 is 0 Å². The number of benzene rings is 1. The van der Waals surface area contributed by atoms with Crippen molar-refractivity contribution in [3.05, 3.63) is 102 Å². The maximum Gasteiger partial charge on any atom is 0.193 e. The number of carbonyl (C=O) groups excluding carboxylic acids is 1. The Kier molecular flexibility index (Phi) is 5.94. The van der Waals surface area contributed by atoms with Gasteiger partial charge in [0.05, 0.1) is 10.9 Å². The van der Waals surface area contributed by atoms with Gasteiger partial charge in [-0.05, 0) is 43.2 Å². The predicted octanol–water partition coefficient (Wildman–Crippen LogP) is 5.43. The van der Waals surface area contributed by atoms with Gasteiger partial charge in [-0.3, -0.25) is 19.1 Å². The second-order valence-electron chi connectivity index (χ2n) is 7.68. The lowest BCUT2D eigenvalue weighted by Crippen LogP contribution is -2.17. The Balaban J connectivity index is 1.95. The average Bonchev–Trinajstić information content (AvgIpc) is 3.33. The predicted molar refractivity (Wildman–Crippen MR) is 126 cm³/mol. The molecule has 0 atom stereocenters. The number of nitrogens with zero attached hydrogens (tertiary/aromatic N) is 2. The number of anilines is 1. The van der Waals surface area contributed by atoms with E-state index in [1.807, 2.05) is 34.9 Å². The molecule has 1 saturated carbocycles. The maximum absolute atomic E-state index is 13.0. The Morgan fingerprint density at radius 1 is 1.13 bits per heavy atom. The van der Waals surface area contributed by atoms with Gasteiger partial charge in [-0.25, -0.2) is 0 Å².